The van der Waals surface area contributed by atoms with Gasteiger partial charge in [0.25, 0.3) is 0 Å². The molecule has 0 unspecified atom stereocenters. The summed E-state index contributed by atoms with van der Waals surface area (Å²) in [5, 5.41) is 1.36. The quantitative estimate of drug-likeness (QED) is 0.482. The van der Waals surface area contributed by atoms with Crippen molar-refractivity contribution in [2.45, 2.75) is 20.3 Å². The Morgan fingerprint density at radius 3 is 2.42 bits per heavy atom. The van der Waals surface area contributed by atoms with Crippen LogP contribution in [0, 0.1) is 13.8 Å². The number of hydrogen-bond acceptors (Lipinski definition) is 4. The van der Waals surface area contributed by atoms with Crippen molar-refractivity contribution in [2.24, 2.45) is 0 Å². The third-order valence-electron chi connectivity index (χ3n) is 6.61. The van der Waals surface area contributed by atoms with E-state index < -0.39 is 0 Å². The molecule has 0 radical (unpaired) electrons. The average molecular weight is 415 g/mol. The first-order valence-electron chi connectivity index (χ1n) is 11.1. The van der Waals surface area contributed by atoms with Gasteiger partial charge in [-0.25, -0.2) is 4.98 Å². The molecule has 4 aromatic rings. The summed E-state index contributed by atoms with van der Waals surface area (Å²) in [6, 6.07) is 17.2. The van der Waals surface area contributed by atoms with Crippen molar-refractivity contribution >= 4 is 22.1 Å². The van der Waals surface area contributed by atoms with Crippen molar-refractivity contribution in [3.8, 4) is 5.75 Å². The van der Waals surface area contributed by atoms with Crippen molar-refractivity contribution in [3.63, 3.8) is 0 Å². The molecule has 0 N–H and O–H groups in total. The van der Waals surface area contributed by atoms with Gasteiger partial charge in [-0.3, -0.25) is 9.30 Å². The molecule has 160 valence electrons. The number of aryl methyl sites for hydroxylation is 2. The Labute approximate surface area is 183 Å². The molecule has 0 aliphatic carbocycles. The molecule has 2 aromatic carbocycles. The molecule has 0 spiro atoms. The summed E-state index contributed by atoms with van der Waals surface area (Å²) in [4.78, 5) is 9.68. The van der Waals surface area contributed by atoms with Gasteiger partial charge in [0.05, 0.1) is 18.1 Å². The molecule has 2 aromatic heterocycles. The molecule has 5 rings (SSSR count). The summed E-state index contributed by atoms with van der Waals surface area (Å²) in [5.41, 5.74) is 6.59. The fraction of sp³-hybridized carbons (Fsp3) is 0.346. The number of methoxy groups -OCH3 is 1. The van der Waals surface area contributed by atoms with Crippen LogP contribution >= 0.6 is 0 Å². The standard InChI is InChI=1S/C26H30N4O/c1-19-18-27-20(2)30-25-7-5-4-6-23(25)24(26(19)30)12-13-28-14-16-29(17-15-28)21-8-10-22(31-3)11-9-21/h4-11,18H,12-17H2,1-3H3. The second-order valence-corrected chi connectivity index (χ2v) is 8.44. The van der Waals surface area contributed by atoms with E-state index in [2.05, 4.69) is 69.4 Å². The topological polar surface area (TPSA) is 33.0 Å². The molecule has 31 heavy (non-hydrogen) atoms. The van der Waals surface area contributed by atoms with E-state index in [1.54, 1.807) is 7.11 Å². The van der Waals surface area contributed by atoms with Gasteiger partial charge in [0.2, 0.25) is 0 Å². The van der Waals surface area contributed by atoms with Gasteiger partial charge >= 0.3 is 0 Å². The van der Waals surface area contributed by atoms with E-state index in [0.29, 0.717) is 0 Å². The fourth-order valence-corrected chi connectivity index (χ4v) is 4.91. The summed E-state index contributed by atoms with van der Waals surface area (Å²) in [7, 11) is 1.71. The Morgan fingerprint density at radius 2 is 1.68 bits per heavy atom. The highest BCUT2D eigenvalue weighted by Crippen LogP contribution is 2.30. The maximum atomic E-state index is 5.29. The fourth-order valence-electron chi connectivity index (χ4n) is 4.91. The minimum atomic E-state index is 0.912. The summed E-state index contributed by atoms with van der Waals surface area (Å²) < 4.78 is 7.62. The number of ether oxygens (including phenoxy) is 1. The molecule has 0 amide bonds. The van der Waals surface area contributed by atoms with Crippen LogP contribution in [0.4, 0.5) is 5.69 Å². The van der Waals surface area contributed by atoms with E-state index in [1.165, 1.54) is 33.2 Å². The van der Waals surface area contributed by atoms with Crippen LogP contribution in [-0.2, 0) is 6.42 Å². The lowest BCUT2D eigenvalue weighted by atomic mass is 10.1. The normalized spacial score (nSPS) is 15.1. The van der Waals surface area contributed by atoms with Gasteiger partial charge in [0.15, 0.2) is 0 Å². The van der Waals surface area contributed by atoms with Gasteiger partial charge < -0.3 is 9.64 Å². The Balaban J connectivity index is 1.32. The van der Waals surface area contributed by atoms with Crippen LogP contribution < -0.4 is 9.64 Å². The first-order chi connectivity index (χ1) is 15.2. The lowest BCUT2D eigenvalue weighted by Crippen LogP contribution is -2.47. The van der Waals surface area contributed by atoms with Gasteiger partial charge in [0.1, 0.15) is 11.6 Å². The number of benzene rings is 2. The van der Waals surface area contributed by atoms with Crippen LogP contribution in [0.25, 0.3) is 16.4 Å². The zero-order valence-corrected chi connectivity index (χ0v) is 18.6. The molecule has 0 bridgehead atoms. The van der Waals surface area contributed by atoms with E-state index in [-0.39, 0.29) is 0 Å². The van der Waals surface area contributed by atoms with Crippen LogP contribution in [0.1, 0.15) is 17.0 Å². The van der Waals surface area contributed by atoms with Crippen molar-refractivity contribution in [1.82, 2.24) is 14.3 Å². The van der Waals surface area contributed by atoms with Crippen molar-refractivity contribution in [3.05, 3.63) is 71.7 Å². The first-order valence-corrected chi connectivity index (χ1v) is 11.1. The maximum absolute atomic E-state index is 5.29. The first kappa shape index (κ1) is 19.9. The van der Waals surface area contributed by atoms with Crippen LogP contribution in [0.3, 0.4) is 0 Å². The van der Waals surface area contributed by atoms with E-state index in [9.17, 15) is 0 Å². The van der Waals surface area contributed by atoms with E-state index in [4.69, 9.17) is 4.74 Å². The Bertz CT molecular complexity index is 1200. The minimum Gasteiger partial charge on any atom is -0.497 e. The second kappa shape index (κ2) is 8.23. The number of fused-ring (bicyclic) bond motifs is 3. The predicted octanol–water partition coefficient (Wildman–Crippen LogP) is 4.48. The molecule has 1 aliphatic rings. The molecular weight excluding hydrogens is 384 g/mol. The van der Waals surface area contributed by atoms with Crippen molar-refractivity contribution in [2.75, 3.05) is 44.7 Å². The molecule has 1 fully saturated rings. The van der Waals surface area contributed by atoms with Gasteiger partial charge in [-0.15, -0.1) is 0 Å². The zero-order valence-electron chi connectivity index (χ0n) is 18.6. The minimum absolute atomic E-state index is 0.912. The Kier molecular flexibility index (Phi) is 5.28. The van der Waals surface area contributed by atoms with Gasteiger partial charge in [-0.05, 0) is 61.7 Å². The molecule has 1 aliphatic heterocycles. The SMILES string of the molecule is COc1ccc(N2CCN(CCc3c4ccccc4n4c(C)ncc(C)c34)CC2)cc1. The van der Waals surface area contributed by atoms with Crippen LogP contribution in [-0.4, -0.2) is 54.1 Å². The summed E-state index contributed by atoms with van der Waals surface area (Å²) in [6.07, 6.45) is 3.07. The molecule has 1 saturated heterocycles. The van der Waals surface area contributed by atoms with Crippen LogP contribution in [0.5, 0.6) is 5.75 Å². The lowest BCUT2D eigenvalue weighted by Gasteiger charge is -2.36. The molecule has 0 atom stereocenters. The van der Waals surface area contributed by atoms with Crippen molar-refractivity contribution in [1.29, 1.82) is 0 Å². The van der Waals surface area contributed by atoms with Crippen LogP contribution in [0.15, 0.2) is 54.7 Å². The summed E-state index contributed by atoms with van der Waals surface area (Å²) in [6.45, 7) is 9.67. The van der Waals surface area contributed by atoms with E-state index >= 15 is 0 Å². The average Bonchev–Trinajstić information content (AvgIpc) is 3.16. The number of hydrogen-bond donors (Lipinski definition) is 0. The van der Waals surface area contributed by atoms with Crippen LogP contribution in [0.2, 0.25) is 0 Å². The predicted molar refractivity (Wildman–Crippen MR) is 128 cm³/mol. The Hall–Kier alpha value is -3.05. The lowest BCUT2D eigenvalue weighted by molar-refractivity contribution is 0.261. The second-order valence-electron chi connectivity index (χ2n) is 8.44. The van der Waals surface area contributed by atoms with Gasteiger partial charge in [-0.1, -0.05) is 18.2 Å². The number of aromatic nitrogens is 2. The highest BCUT2D eigenvalue weighted by molar-refractivity contribution is 5.93. The van der Waals surface area contributed by atoms with Crippen molar-refractivity contribution < 1.29 is 4.74 Å². The highest BCUT2D eigenvalue weighted by atomic mass is 16.5. The number of piperazine rings is 1. The molecule has 5 nitrogen and oxygen atoms in total. The molecular formula is C26H30N4O. The third-order valence-corrected chi connectivity index (χ3v) is 6.61. The largest absolute Gasteiger partial charge is 0.497 e. The van der Waals surface area contributed by atoms with E-state index in [0.717, 1.165) is 50.7 Å². The van der Waals surface area contributed by atoms with Gasteiger partial charge in [0, 0.05) is 50.0 Å². The highest BCUT2D eigenvalue weighted by Gasteiger charge is 2.20. The number of nitrogens with zero attached hydrogens (tertiary/aromatic N) is 4. The maximum Gasteiger partial charge on any atom is 0.119 e. The number of rotatable bonds is 5. The smallest absolute Gasteiger partial charge is 0.119 e. The third kappa shape index (κ3) is 3.63. The molecule has 5 heteroatoms. The number of anilines is 1. The van der Waals surface area contributed by atoms with Gasteiger partial charge in [-0.2, -0.15) is 0 Å². The molecule has 3 heterocycles. The summed E-state index contributed by atoms with van der Waals surface area (Å²) in [5.74, 6) is 1.96. The Morgan fingerprint density at radius 1 is 0.935 bits per heavy atom. The number of para-hydroxylation sites is 1. The molecule has 0 saturated carbocycles. The monoisotopic (exact) mass is 414 g/mol. The van der Waals surface area contributed by atoms with E-state index in [1.807, 2.05) is 18.3 Å². The summed E-state index contributed by atoms with van der Waals surface area (Å²) >= 11 is 0. The zero-order chi connectivity index (χ0) is 21.4.